The molecule has 0 aliphatic carbocycles. The van der Waals surface area contributed by atoms with Crippen LogP contribution in [0.4, 0.5) is 0 Å². The van der Waals surface area contributed by atoms with E-state index in [0.717, 1.165) is 29.3 Å². The summed E-state index contributed by atoms with van der Waals surface area (Å²) in [7, 11) is 0. The van der Waals surface area contributed by atoms with Crippen LogP contribution in [-0.4, -0.2) is 44.3 Å². The Morgan fingerprint density at radius 3 is 2.65 bits per heavy atom. The fourth-order valence-corrected chi connectivity index (χ4v) is 4.87. The molecule has 2 aliphatic rings. The highest BCUT2D eigenvalue weighted by atomic mass is 35.5. The molecule has 1 amide bonds. The number of amides is 1. The molecule has 140 valence electrons. The van der Waals surface area contributed by atoms with Crippen LogP contribution in [0.2, 0.25) is 5.02 Å². The quantitative estimate of drug-likeness (QED) is 0.843. The number of aliphatic hydroxyl groups is 1. The first kappa shape index (κ1) is 17.8. The summed E-state index contributed by atoms with van der Waals surface area (Å²) in [5.41, 5.74) is 6.38. The minimum Gasteiger partial charge on any atom is -0.386 e. The standard InChI is InChI=1S/C19H25ClN4O2/c1-18(2,21)17(26)23-6-4-12(5-7-23)19(3)16(25)14-9-13(20)8-11-10-22-24(19)15(11)14/h8-10,12,16,25H,4-7,21H2,1-3H3/t16-,19?/m1/s1. The molecule has 1 aromatic carbocycles. The van der Waals surface area contributed by atoms with E-state index in [1.54, 1.807) is 13.8 Å². The number of rotatable bonds is 2. The van der Waals surface area contributed by atoms with Crippen molar-refractivity contribution in [3.05, 3.63) is 28.9 Å². The molecular formula is C19H25ClN4O2. The van der Waals surface area contributed by atoms with Gasteiger partial charge in [-0.15, -0.1) is 0 Å². The van der Waals surface area contributed by atoms with E-state index >= 15 is 0 Å². The van der Waals surface area contributed by atoms with Crippen LogP contribution in [0, 0.1) is 5.92 Å². The molecule has 4 rings (SSSR count). The Morgan fingerprint density at radius 2 is 2.04 bits per heavy atom. The van der Waals surface area contributed by atoms with Crippen LogP contribution in [0.25, 0.3) is 10.9 Å². The molecule has 26 heavy (non-hydrogen) atoms. The number of benzene rings is 1. The second-order valence-corrected chi connectivity index (χ2v) is 8.84. The van der Waals surface area contributed by atoms with Gasteiger partial charge in [0.15, 0.2) is 0 Å². The van der Waals surface area contributed by atoms with E-state index in [1.807, 2.05) is 27.9 Å². The second-order valence-electron chi connectivity index (χ2n) is 8.41. The summed E-state index contributed by atoms with van der Waals surface area (Å²) >= 11 is 6.22. The molecule has 2 atom stereocenters. The van der Waals surface area contributed by atoms with Gasteiger partial charge < -0.3 is 15.7 Å². The minimum atomic E-state index is -0.856. The average molecular weight is 377 g/mol. The van der Waals surface area contributed by atoms with E-state index in [4.69, 9.17) is 17.3 Å². The Kier molecular flexibility index (Phi) is 3.88. The van der Waals surface area contributed by atoms with Crippen molar-refractivity contribution in [3.63, 3.8) is 0 Å². The van der Waals surface area contributed by atoms with Gasteiger partial charge >= 0.3 is 0 Å². The fraction of sp³-hybridized carbons (Fsp3) is 0.579. The van der Waals surface area contributed by atoms with E-state index in [-0.39, 0.29) is 11.8 Å². The van der Waals surface area contributed by atoms with Crippen LogP contribution in [0.1, 0.15) is 45.3 Å². The molecule has 0 saturated carbocycles. The van der Waals surface area contributed by atoms with Crippen molar-refractivity contribution in [2.75, 3.05) is 13.1 Å². The lowest BCUT2D eigenvalue weighted by atomic mass is 9.75. The van der Waals surface area contributed by atoms with E-state index in [0.29, 0.717) is 18.1 Å². The van der Waals surface area contributed by atoms with Gasteiger partial charge in [0.05, 0.1) is 22.8 Å². The van der Waals surface area contributed by atoms with Crippen LogP contribution >= 0.6 is 11.6 Å². The Hall–Kier alpha value is -1.63. The van der Waals surface area contributed by atoms with Crippen molar-refractivity contribution in [2.24, 2.45) is 11.7 Å². The summed E-state index contributed by atoms with van der Waals surface area (Å²) in [5.74, 6) is 0.182. The molecule has 0 bridgehead atoms. The number of hydrogen-bond acceptors (Lipinski definition) is 4. The van der Waals surface area contributed by atoms with Crippen LogP contribution in [0.15, 0.2) is 18.3 Å². The predicted molar refractivity (Wildman–Crippen MR) is 101 cm³/mol. The van der Waals surface area contributed by atoms with Gasteiger partial charge in [-0.25, -0.2) is 0 Å². The molecular weight excluding hydrogens is 352 g/mol. The first-order valence-corrected chi connectivity index (χ1v) is 9.46. The van der Waals surface area contributed by atoms with Crippen molar-refractivity contribution in [3.8, 4) is 0 Å². The van der Waals surface area contributed by atoms with Crippen molar-refractivity contribution < 1.29 is 9.90 Å². The first-order valence-electron chi connectivity index (χ1n) is 9.08. The molecule has 6 nitrogen and oxygen atoms in total. The SMILES string of the molecule is CC(C)(N)C(=O)N1CCC(C2(C)[C@H](O)c3cc(Cl)cc4cnn2c34)CC1. The molecule has 1 unspecified atom stereocenters. The lowest BCUT2D eigenvalue weighted by Crippen LogP contribution is -2.55. The summed E-state index contributed by atoms with van der Waals surface area (Å²) in [6, 6.07) is 3.72. The number of hydrogen-bond donors (Lipinski definition) is 2. The third kappa shape index (κ3) is 2.39. The molecule has 2 aromatic rings. The second kappa shape index (κ2) is 5.68. The summed E-state index contributed by atoms with van der Waals surface area (Å²) in [5, 5.41) is 17.3. The number of aliphatic hydroxyl groups excluding tert-OH is 1. The van der Waals surface area contributed by atoms with Crippen LogP contribution < -0.4 is 5.73 Å². The summed E-state index contributed by atoms with van der Waals surface area (Å²) in [6.07, 6.45) is 2.76. The number of nitrogens with zero attached hydrogens (tertiary/aromatic N) is 3. The van der Waals surface area contributed by atoms with Gasteiger partial charge in [-0.2, -0.15) is 5.10 Å². The van der Waals surface area contributed by atoms with Crippen molar-refractivity contribution in [1.82, 2.24) is 14.7 Å². The first-order chi connectivity index (χ1) is 12.1. The molecule has 3 heterocycles. The molecule has 3 N–H and O–H groups in total. The van der Waals surface area contributed by atoms with Crippen molar-refractivity contribution in [2.45, 2.75) is 50.8 Å². The van der Waals surface area contributed by atoms with E-state index in [9.17, 15) is 9.90 Å². The van der Waals surface area contributed by atoms with Gasteiger partial charge in [0.1, 0.15) is 6.10 Å². The third-order valence-electron chi connectivity index (χ3n) is 6.12. The van der Waals surface area contributed by atoms with Crippen molar-refractivity contribution in [1.29, 1.82) is 0 Å². The molecule has 2 aliphatic heterocycles. The van der Waals surface area contributed by atoms with Gasteiger partial charge in [-0.3, -0.25) is 9.48 Å². The Balaban J connectivity index is 1.62. The average Bonchev–Trinajstić information content (AvgIpc) is 3.10. The topological polar surface area (TPSA) is 84.4 Å². The molecule has 1 aromatic heterocycles. The summed E-state index contributed by atoms with van der Waals surface area (Å²) in [4.78, 5) is 14.3. The monoisotopic (exact) mass is 376 g/mol. The summed E-state index contributed by atoms with van der Waals surface area (Å²) in [6.45, 7) is 6.84. The normalized spacial score (nSPS) is 26.7. The number of aromatic nitrogens is 2. The number of carbonyl (C=O) groups excluding carboxylic acids is 1. The lowest BCUT2D eigenvalue weighted by molar-refractivity contribution is -0.138. The van der Waals surface area contributed by atoms with Gasteiger partial charge in [-0.05, 0) is 51.7 Å². The molecule has 0 spiro atoms. The van der Waals surface area contributed by atoms with Crippen LogP contribution in [0.5, 0.6) is 0 Å². The highest BCUT2D eigenvalue weighted by Gasteiger charge is 2.51. The molecule has 1 fully saturated rings. The van der Waals surface area contributed by atoms with Gasteiger partial charge in [0, 0.05) is 29.1 Å². The number of piperidine rings is 1. The zero-order valence-electron chi connectivity index (χ0n) is 15.4. The molecule has 7 heteroatoms. The Morgan fingerprint density at radius 1 is 1.38 bits per heavy atom. The predicted octanol–water partition coefficient (Wildman–Crippen LogP) is 2.43. The lowest BCUT2D eigenvalue weighted by Gasteiger charge is -2.43. The Bertz CT molecular complexity index is 880. The highest BCUT2D eigenvalue weighted by Crippen LogP contribution is 2.51. The number of nitrogens with two attached hydrogens (primary N) is 1. The maximum atomic E-state index is 12.4. The summed E-state index contributed by atoms with van der Waals surface area (Å²) < 4.78 is 1.97. The van der Waals surface area contributed by atoms with Crippen LogP contribution in [0.3, 0.4) is 0 Å². The third-order valence-corrected chi connectivity index (χ3v) is 6.34. The molecule has 0 radical (unpaired) electrons. The smallest absolute Gasteiger partial charge is 0.242 e. The van der Waals surface area contributed by atoms with E-state index in [2.05, 4.69) is 12.0 Å². The van der Waals surface area contributed by atoms with E-state index < -0.39 is 17.2 Å². The fourth-order valence-electron chi connectivity index (χ4n) is 4.64. The number of carbonyl (C=O) groups is 1. The molecule has 1 saturated heterocycles. The number of halogens is 1. The highest BCUT2D eigenvalue weighted by molar-refractivity contribution is 6.31. The van der Waals surface area contributed by atoms with Gasteiger partial charge in [0.25, 0.3) is 0 Å². The zero-order chi connectivity index (χ0) is 18.9. The maximum Gasteiger partial charge on any atom is 0.242 e. The van der Waals surface area contributed by atoms with Gasteiger partial charge in [0.2, 0.25) is 5.91 Å². The zero-order valence-corrected chi connectivity index (χ0v) is 16.1. The van der Waals surface area contributed by atoms with Crippen molar-refractivity contribution >= 4 is 28.4 Å². The Labute approximate surface area is 157 Å². The van der Waals surface area contributed by atoms with Gasteiger partial charge in [-0.1, -0.05) is 11.6 Å². The maximum absolute atomic E-state index is 12.4. The minimum absolute atomic E-state index is 0.0235. The van der Waals surface area contributed by atoms with Crippen LogP contribution in [-0.2, 0) is 10.3 Å². The number of likely N-dealkylation sites (tertiary alicyclic amines) is 1. The largest absolute Gasteiger partial charge is 0.386 e. The van der Waals surface area contributed by atoms with E-state index in [1.165, 1.54) is 0 Å².